The maximum absolute atomic E-state index is 12.7. The number of hydrogen-bond donors (Lipinski definition) is 1. The van der Waals surface area contributed by atoms with Crippen LogP contribution < -0.4 is 5.32 Å². The van der Waals surface area contributed by atoms with Crippen molar-refractivity contribution >= 4 is 19.8 Å². The summed E-state index contributed by atoms with van der Waals surface area (Å²) >= 11 is 0. The van der Waals surface area contributed by atoms with E-state index in [9.17, 15) is 4.79 Å². The molecule has 1 aromatic carbocycles. The van der Waals surface area contributed by atoms with E-state index in [-0.39, 0.29) is 11.7 Å². The minimum atomic E-state index is 0.0926. The first-order valence-corrected chi connectivity index (χ1v) is 12.3. The third-order valence-electron chi connectivity index (χ3n) is 5.70. The van der Waals surface area contributed by atoms with Crippen molar-refractivity contribution in [2.24, 2.45) is 5.92 Å². The maximum Gasteiger partial charge on any atom is 0.252 e. The van der Waals surface area contributed by atoms with Crippen molar-refractivity contribution in [3.63, 3.8) is 0 Å². The SMILES string of the molecule is CCC(C)C.Cc1cccc(C2=CC(=O)N3C=C(N4CCCNCC4)C=CC3P2)c1. The van der Waals surface area contributed by atoms with E-state index in [1.165, 1.54) is 17.5 Å². The summed E-state index contributed by atoms with van der Waals surface area (Å²) in [4.78, 5) is 17.0. The van der Waals surface area contributed by atoms with E-state index in [4.69, 9.17) is 0 Å². The first-order valence-electron chi connectivity index (χ1n) is 11.2. The zero-order chi connectivity index (χ0) is 21.5. The number of carbonyl (C=O) groups is 1. The van der Waals surface area contributed by atoms with Crippen LogP contribution in [0, 0.1) is 12.8 Å². The Labute approximate surface area is 183 Å². The molecule has 1 N–H and O–H groups in total. The largest absolute Gasteiger partial charge is 0.369 e. The van der Waals surface area contributed by atoms with E-state index >= 15 is 0 Å². The Bertz CT molecular complexity index is 819. The summed E-state index contributed by atoms with van der Waals surface area (Å²) in [6.07, 6.45) is 10.7. The molecule has 0 radical (unpaired) electrons. The number of nitrogens with one attached hydrogen (secondary N) is 1. The smallest absolute Gasteiger partial charge is 0.252 e. The van der Waals surface area contributed by atoms with Gasteiger partial charge in [-0.2, -0.15) is 0 Å². The fourth-order valence-corrected chi connectivity index (χ4v) is 4.92. The lowest BCUT2D eigenvalue weighted by Gasteiger charge is -2.36. The molecule has 2 unspecified atom stereocenters. The molecule has 30 heavy (non-hydrogen) atoms. The van der Waals surface area contributed by atoms with Crippen LogP contribution in [0.5, 0.6) is 0 Å². The number of hydrogen-bond acceptors (Lipinski definition) is 3. The van der Waals surface area contributed by atoms with Gasteiger partial charge in [0.05, 0.1) is 11.5 Å². The van der Waals surface area contributed by atoms with Crippen LogP contribution in [0.25, 0.3) is 5.31 Å². The molecule has 4 nitrogen and oxygen atoms in total. The van der Waals surface area contributed by atoms with Gasteiger partial charge in [-0.15, -0.1) is 0 Å². The molecule has 2 atom stereocenters. The summed E-state index contributed by atoms with van der Waals surface area (Å²) in [5.74, 6) is 1.13. The monoisotopic (exact) mass is 425 g/mol. The summed E-state index contributed by atoms with van der Waals surface area (Å²) in [6.45, 7) is 12.9. The lowest BCUT2D eigenvalue weighted by molar-refractivity contribution is -0.123. The molecule has 162 valence electrons. The molecular formula is C25H36N3OP. The summed E-state index contributed by atoms with van der Waals surface area (Å²) in [7, 11) is 0.583. The molecular weight excluding hydrogens is 389 g/mol. The molecule has 5 heteroatoms. The first-order chi connectivity index (χ1) is 14.5. The second kappa shape index (κ2) is 10.9. The highest BCUT2D eigenvalue weighted by molar-refractivity contribution is 7.51. The molecule has 1 amide bonds. The summed E-state index contributed by atoms with van der Waals surface area (Å²) in [5.41, 5.74) is 3.56. The van der Waals surface area contributed by atoms with E-state index in [0.29, 0.717) is 8.58 Å². The molecule has 3 heterocycles. The van der Waals surface area contributed by atoms with Crippen molar-refractivity contribution < 1.29 is 4.79 Å². The Hall–Kier alpha value is -1.90. The minimum absolute atomic E-state index is 0.0926. The molecule has 4 rings (SSSR count). The molecule has 1 saturated heterocycles. The number of rotatable bonds is 3. The van der Waals surface area contributed by atoms with Gasteiger partial charge in [-0.1, -0.05) is 71.7 Å². The average Bonchev–Trinajstić information content (AvgIpc) is 3.03. The van der Waals surface area contributed by atoms with Gasteiger partial charge in [-0.05, 0) is 42.8 Å². The Morgan fingerprint density at radius 2 is 2.03 bits per heavy atom. The van der Waals surface area contributed by atoms with Crippen LogP contribution in [0.15, 0.2) is 54.4 Å². The van der Waals surface area contributed by atoms with Gasteiger partial charge in [0.15, 0.2) is 0 Å². The number of allylic oxidation sites excluding steroid dienone is 1. The molecule has 0 aromatic heterocycles. The fraction of sp³-hybridized carbons (Fsp3) is 0.480. The highest BCUT2D eigenvalue weighted by atomic mass is 31.1. The van der Waals surface area contributed by atoms with E-state index in [1.54, 1.807) is 0 Å². The van der Waals surface area contributed by atoms with Crippen LogP contribution >= 0.6 is 8.58 Å². The molecule has 0 bridgehead atoms. The van der Waals surface area contributed by atoms with E-state index in [1.807, 2.05) is 11.0 Å². The predicted molar refractivity (Wildman–Crippen MR) is 130 cm³/mol. The van der Waals surface area contributed by atoms with Gasteiger partial charge in [0.2, 0.25) is 0 Å². The van der Waals surface area contributed by atoms with E-state index in [0.717, 1.165) is 49.5 Å². The Balaban J connectivity index is 0.000000461. The predicted octanol–water partition coefficient (Wildman–Crippen LogP) is 4.94. The number of carbonyl (C=O) groups excluding carboxylic acids is 1. The number of amides is 1. The van der Waals surface area contributed by atoms with E-state index < -0.39 is 0 Å². The second-order valence-electron chi connectivity index (χ2n) is 8.57. The van der Waals surface area contributed by atoms with Gasteiger partial charge in [-0.25, -0.2) is 0 Å². The molecule has 3 aliphatic rings. The zero-order valence-electron chi connectivity index (χ0n) is 18.8. The third kappa shape index (κ3) is 6.06. The zero-order valence-corrected chi connectivity index (χ0v) is 19.8. The van der Waals surface area contributed by atoms with Crippen LogP contribution in [-0.2, 0) is 4.79 Å². The van der Waals surface area contributed by atoms with Crippen LogP contribution in [0.1, 0.15) is 44.7 Å². The minimum Gasteiger partial charge on any atom is -0.369 e. The van der Waals surface area contributed by atoms with Crippen LogP contribution in [0.2, 0.25) is 0 Å². The first kappa shape index (κ1) is 22.8. The summed E-state index contributed by atoms with van der Waals surface area (Å²) in [5, 5.41) is 4.59. The lowest BCUT2D eigenvalue weighted by atomic mass is 10.1. The van der Waals surface area contributed by atoms with Crippen LogP contribution in [0.3, 0.4) is 0 Å². The number of nitrogens with zero attached hydrogens (tertiary/aromatic N) is 2. The maximum atomic E-state index is 12.7. The molecule has 0 aliphatic carbocycles. The molecule has 3 aliphatic heterocycles. The summed E-state index contributed by atoms with van der Waals surface area (Å²) in [6, 6.07) is 8.43. The average molecular weight is 426 g/mol. The standard InChI is InChI=1S/C20H24N3OP.C5H12/c1-15-4-2-5-16(12-15)18-13-19(24)23-14-17(6-7-20(23)25-18)22-10-3-8-21-9-11-22;1-4-5(2)3/h2,4-7,12-14,20-21,25H,3,8-11H2,1H3;5H,4H2,1-3H3. The van der Waals surface area contributed by atoms with Crippen LogP contribution in [-0.4, -0.2) is 47.7 Å². The molecule has 0 spiro atoms. The third-order valence-corrected chi connectivity index (χ3v) is 7.21. The van der Waals surface area contributed by atoms with Crippen molar-refractivity contribution in [1.29, 1.82) is 0 Å². The fourth-order valence-electron chi connectivity index (χ4n) is 3.54. The second-order valence-corrected chi connectivity index (χ2v) is 9.99. The van der Waals surface area contributed by atoms with Crippen molar-refractivity contribution in [2.75, 3.05) is 26.2 Å². The van der Waals surface area contributed by atoms with Crippen molar-refractivity contribution in [3.05, 3.63) is 65.5 Å². The highest BCUT2D eigenvalue weighted by Gasteiger charge is 2.29. The molecule has 1 fully saturated rings. The topological polar surface area (TPSA) is 35.6 Å². The lowest BCUT2D eigenvalue weighted by Crippen LogP contribution is -2.38. The normalized spacial score (nSPS) is 22.2. The Kier molecular flexibility index (Phi) is 8.30. The quantitative estimate of drug-likeness (QED) is 0.697. The van der Waals surface area contributed by atoms with Crippen molar-refractivity contribution in [1.82, 2.24) is 15.1 Å². The van der Waals surface area contributed by atoms with Crippen molar-refractivity contribution in [3.8, 4) is 0 Å². The number of aryl methyl sites for hydroxylation is 1. The van der Waals surface area contributed by atoms with Crippen molar-refractivity contribution in [2.45, 2.75) is 46.3 Å². The van der Waals surface area contributed by atoms with Gasteiger partial charge in [-0.3, -0.25) is 4.79 Å². The molecule has 1 aromatic rings. The van der Waals surface area contributed by atoms with Gasteiger partial charge >= 0.3 is 0 Å². The van der Waals surface area contributed by atoms with Gasteiger partial charge in [0, 0.05) is 31.9 Å². The Morgan fingerprint density at radius 3 is 2.77 bits per heavy atom. The van der Waals surface area contributed by atoms with Gasteiger partial charge in [0.1, 0.15) is 0 Å². The van der Waals surface area contributed by atoms with Gasteiger partial charge in [0.25, 0.3) is 5.91 Å². The Morgan fingerprint density at radius 1 is 1.23 bits per heavy atom. The highest BCUT2D eigenvalue weighted by Crippen LogP contribution is 2.44. The van der Waals surface area contributed by atoms with Crippen LogP contribution in [0.4, 0.5) is 0 Å². The molecule has 0 saturated carbocycles. The van der Waals surface area contributed by atoms with Gasteiger partial charge < -0.3 is 15.1 Å². The summed E-state index contributed by atoms with van der Waals surface area (Å²) < 4.78 is 0. The van der Waals surface area contributed by atoms with E-state index in [2.05, 4.69) is 80.5 Å². The number of benzene rings is 1. The number of fused-ring (bicyclic) bond motifs is 1.